The van der Waals surface area contributed by atoms with E-state index < -0.39 is 0 Å². The van der Waals surface area contributed by atoms with Gasteiger partial charge in [-0.1, -0.05) is 18.2 Å². The molecule has 94 valence electrons. The molecule has 0 bridgehead atoms. The van der Waals surface area contributed by atoms with Crippen LogP contribution in [0.25, 0.3) is 0 Å². The predicted octanol–water partition coefficient (Wildman–Crippen LogP) is 2.13. The van der Waals surface area contributed by atoms with E-state index in [9.17, 15) is 4.79 Å². The third-order valence-corrected chi connectivity index (χ3v) is 2.97. The van der Waals surface area contributed by atoms with Gasteiger partial charge in [-0.3, -0.25) is 9.69 Å². The van der Waals surface area contributed by atoms with E-state index >= 15 is 0 Å². The van der Waals surface area contributed by atoms with E-state index in [0.717, 1.165) is 5.69 Å². The number of nitrogens with zero attached hydrogens (tertiary/aromatic N) is 2. The fourth-order valence-electron chi connectivity index (χ4n) is 1.68. The molecular weight excluding hydrogens is 248 g/mol. The number of likely N-dealkylation sites (N-methyl/N-ethyl adjacent to an activating group) is 1. The van der Waals surface area contributed by atoms with Crippen LogP contribution in [0.1, 0.15) is 6.92 Å². The van der Waals surface area contributed by atoms with Crippen LogP contribution < -0.4 is 4.90 Å². The van der Waals surface area contributed by atoms with Crippen LogP contribution in [-0.4, -0.2) is 29.6 Å². The van der Waals surface area contributed by atoms with Crippen molar-refractivity contribution in [2.45, 2.75) is 6.92 Å². The van der Waals surface area contributed by atoms with Crippen LogP contribution in [0.5, 0.6) is 0 Å². The van der Waals surface area contributed by atoms with Gasteiger partial charge in [0.2, 0.25) is 5.76 Å². The van der Waals surface area contributed by atoms with Gasteiger partial charge in [0, 0.05) is 19.3 Å². The number of rotatable bonds is 3. The Labute approximate surface area is 111 Å². The van der Waals surface area contributed by atoms with Crippen LogP contribution in [0.15, 0.2) is 42.3 Å². The molecule has 1 aliphatic heterocycles. The van der Waals surface area contributed by atoms with Crippen molar-refractivity contribution < 1.29 is 9.53 Å². The van der Waals surface area contributed by atoms with Crippen LogP contribution in [0, 0.1) is 0 Å². The van der Waals surface area contributed by atoms with Crippen molar-refractivity contribution in [1.82, 2.24) is 4.90 Å². The summed E-state index contributed by atoms with van der Waals surface area (Å²) in [6.07, 6.45) is 1.65. The van der Waals surface area contributed by atoms with Gasteiger partial charge in [0.15, 0.2) is 0 Å². The molecule has 2 rings (SSSR count). The van der Waals surface area contributed by atoms with Gasteiger partial charge < -0.3 is 9.64 Å². The van der Waals surface area contributed by atoms with E-state index in [1.807, 2.05) is 49.2 Å². The zero-order valence-electron chi connectivity index (χ0n) is 10.3. The number of ether oxygens (including phenoxy) is 1. The zero-order valence-corrected chi connectivity index (χ0v) is 11.1. The van der Waals surface area contributed by atoms with Crippen molar-refractivity contribution in [3.8, 4) is 0 Å². The highest BCUT2D eigenvalue weighted by atomic mass is 32.1. The molecule has 0 aliphatic carbocycles. The number of para-hydroxylation sites is 1. The minimum absolute atomic E-state index is 0.190. The van der Waals surface area contributed by atoms with Gasteiger partial charge in [-0.05, 0) is 31.3 Å². The van der Waals surface area contributed by atoms with Crippen molar-refractivity contribution >= 4 is 29.0 Å². The van der Waals surface area contributed by atoms with Gasteiger partial charge in [0.25, 0.3) is 11.1 Å². The number of carbonyl (C=O) groups is 1. The number of hydrogen-bond donors (Lipinski definition) is 0. The average molecular weight is 262 g/mol. The summed E-state index contributed by atoms with van der Waals surface area (Å²) in [6, 6.07) is 9.71. The molecule has 1 amide bonds. The highest BCUT2D eigenvalue weighted by Gasteiger charge is 2.32. The van der Waals surface area contributed by atoms with Crippen LogP contribution in [-0.2, 0) is 9.53 Å². The van der Waals surface area contributed by atoms with Crippen LogP contribution in [0.3, 0.4) is 0 Å². The average Bonchev–Trinajstić information content (AvgIpc) is 2.65. The maximum Gasteiger partial charge on any atom is 0.298 e. The number of carbonyl (C=O) groups excluding carboxylic acids is 1. The van der Waals surface area contributed by atoms with E-state index in [-0.39, 0.29) is 16.8 Å². The highest BCUT2D eigenvalue weighted by molar-refractivity contribution is 7.80. The summed E-state index contributed by atoms with van der Waals surface area (Å²) in [6.45, 7) is 2.38. The molecule has 0 atom stereocenters. The topological polar surface area (TPSA) is 32.8 Å². The molecule has 18 heavy (non-hydrogen) atoms. The van der Waals surface area contributed by atoms with Gasteiger partial charge in [0.1, 0.15) is 0 Å². The van der Waals surface area contributed by atoms with E-state index in [1.54, 1.807) is 6.20 Å². The molecule has 0 unspecified atom stereocenters. The Morgan fingerprint density at radius 2 is 2.06 bits per heavy atom. The summed E-state index contributed by atoms with van der Waals surface area (Å²) < 4.78 is 5.30. The number of anilines is 1. The zero-order chi connectivity index (χ0) is 13.1. The van der Waals surface area contributed by atoms with Gasteiger partial charge in [0.05, 0.1) is 6.20 Å². The third kappa shape index (κ3) is 2.36. The standard InChI is InChI=1S/C13H14N2O2S/c1-3-15-12(16)11(17-13(15)18)9-14(2)10-7-5-4-6-8-10/h4-9H,3H2,1-2H3/b11-9+. The largest absolute Gasteiger partial charge is 0.424 e. The first-order valence-electron chi connectivity index (χ1n) is 5.67. The van der Waals surface area contributed by atoms with Crippen molar-refractivity contribution in [1.29, 1.82) is 0 Å². The monoisotopic (exact) mass is 262 g/mol. The predicted molar refractivity (Wildman–Crippen MR) is 74.0 cm³/mol. The first-order chi connectivity index (χ1) is 8.63. The Kier molecular flexibility index (Phi) is 3.62. The second-order valence-corrected chi connectivity index (χ2v) is 4.21. The molecule has 1 aromatic rings. The SMILES string of the molecule is CCN1C(=O)/C(=C\N(C)c2ccccc2)OC1=S. The molecule has 5 heteroatoms. The summed E-state index contributed by atoms with van der Waals surface area (Å²) in [7, 11) is 1.86. The molecule has 1 aliphatic rings. The van der Waals surface area contributed by atoms with Crippen LogP contribution in [0.4, 0.5) is 5.69 Å². The molecule has 0 spiro atoms. The van der Waals surface area contributed by atoms with E-state index in [1.165, 1.54) is 4.90 Å². The number of amides is 1. The Balaban J connectivity index is 2.20. The molecule has 0 saturated carbocycles. The molecule has 1 fully saturated rings. The highest BCUT2D eigenvalue weighted by Crippen LogP contribution is 2.19. The van der Waals surface area contributed by atoms with Crippen molar-refractivity contribution in [2.75, 3.05) is 18.5 Å². The lowest BCUT2D eigenvalue weighted by atomic mass is 10.3. The lowest BCUT2D eigenvalue weighted by Gasteiger charge is -2.13. The molecule has 1 heterocycles. The smallest absolute Gasteiger partial charge is 0.298 e. The number of thiocarbonyl (C=S) groups is 1. The van der Waals surface area contributed by atoms with Crippen LogP contribution >= 0.6 is 12.2 Å². The first kappa shape index (κ1) is 12.6. The fraction of sp³-hybridized carbons (Fsp3) is 0.231. The Morgan fingerprint density at radius 1 is 1.39 bits per heavy atom. The molecule has 1 saturated heterocycles. The maximum atomic E-state index is 11.9. The van der Waals surface area contributed by atoms with E-state index in [4.69, 9.17) is 17.0 Å². The third-order valence-electron chi connectivity index (χ3n) is 2.66. The van der Waals surface area contributed by atoms with Gasteiger partial charge in [-0.2, -0.15) is 0 Å². The second kappa shape index (κ2) is 5.18. The molecule has 0 N–H and O–H groups in total. The van der Waals surface area contributed by atoms with Crippen molar-refractivity contribution in [2.24, 2.45) is 0 Å². The fourth-order valence-corrected chi connectivity index (χ4v) is 1.98. The second-order valence-electron chi connectivity index (χ2n) is 3.86. The van der Waals surface area contributed by atoms with Gasteiger partial charge >= 0.3 is 0 Å². The first-order valence-corrected chi connectivity index (χ1v) is 6.07. The minimum Gasteiger partial charge on any atom is -0.424 e. The van der Waals surface area contributed by atoms with Crippen molar-refractivity contribution in [3.63, 3.8) is 0 Å². The molecule has 0 aromatic heterocycles. The Hall–Kier alpha value is -1.88. The molecule has 1 aromatic carbocycles. The lowest BCUT2D eigenvalue weighted by Crippen LogP contribution is -2.28. The minimum atomic E-state index is -0.190. The molecule has 4 nitrogen and oxygen atoms in total. The number of benzene rings is 1. The lowest BCUT2D eigenvalue weighted by molar-refractivity contribution is -0.122. The summed E-state index contributed by atoms with van der Waals surface area (Å²) in [5, 5.41) is 0.218. The summed E-state index contributed by atoms with van der Waals surface area (Å²) >= 11 is 4.99. The Morgan fingerprint density at radius 3 is 2.61 bits per heavy atom. The number of hydrogen-bond acceptors (Lipinski definition) is 4. The van der Waals surface area contributed by atoms with Crippen LogP contribution in [0.2, 0.25) is 0 Å². The normalized spacial score (nSPS) is 17.2. The summed E-state index contributed by atoms with van der Waals surface area (Å²) in [5.74, 6) is 0.0680. The molecular formula is C13H14N2O2S. The summed E-state index contributed by atoms with van der Waals surface area (Å²) in [5.41, 5.74) is 0.974. The van der Waals surface area contributed by atoms with Gasteiger partial charge in [-0.15, -0.1) is 0 Å². The quantitative estimate of drug-likeness (QED) is 0.617. The van der Waals surface area contributed by atoms with E-state index in [2.05, 4.69) is 0 Å². The summed E-state index contributed by atoms with van der Waals surface area (Å²) in [4.78, 5) is 15.2. The van der Waals surface area contributed by atoms with Gasteiger partial charge in [-0.25, -0.2) is 0 Å². The van der Waals surface area contributed by atoms with Crippen molar-refractivity contribution in [3.05, 3.63) is 42.3 Å². The maximum absolute atomic E-state index is 11.9. The molecule has 0 radical (unpaired) electrons. The van der Waals surface area contributed by atoms with E-state index in [0.29, 0.717) is 6.54 Å². The Bertz CT molecular complexity index is 499.